The molecule has 1 fully saturated rings. The second kappa shape index (κ2) is 4.75. The van der Waals surface area contributed by atoms with E-state index in [1.807, 2.05) is 0 Å². The van der Waals surface area contributed by atoms with Gasteiger partial charge in [-0.05, 0) is 12.8 Å². The maximum Gasteiger partial charge on any atom is 0.331 e. The van der Waals surface area contributed by atoms with Crippen molar-refractivity contribution >= 4 is 0 Å². The minimum Gasteiger partial charge on any atom is -0.494 e. The van der Waals surface area contributed by atoms with Crippen LogP contribution in [0.3, 0.4) is 0 Å². The molecule has 1 aliphatic rings. The fraction of sp³-hybridized carbons (Fsp3) is 0.636. The zero-order chi connectivity index (χ0) is 12.4. The highest BCUT2D eigenvalue weighted by Crippen LogP contribution is 2.17. The number of hydrogen-bond donors (Lipinski definition) is 2. The molecule has 0 aromatic carbocycles. The molecule has 0 aliphatic carbocycles. The van der Waals surface area contributed by atoms with E-state index in [4.69, 9.17) is 4.74 Å². The van der Waals surface area contributed by atoms with Crippen molar-refractivity contribution in [2.45, 2.75) is 26.3 Å². The van der Waals surface area contributed by atoms with E-state index in [-0.39, 0.29) is 17.4 Å². The molecule has 6 heteroatoms. The molecule has 1 aromatic rings. The largest absolute Gasteiger partial charge is 0.494 e. The van der Waals surface area contributed by atoms with Gasteiger partial charge in [0.15, 0.2) is 0 Å². The highest BCUT2D eigenvalue weighted by atomic mass is 16.5. The molecule has 0 saturated carbocycles. The van der Waals surface area contributed by atoms with E-state index in [1.165, 1.54) is 4.57 Å². The van der Waals surface area contributed by atoms with Gasteiger partial charge in [0, 0.05) is 19.1 Å². The van der Waals surface area contributed by atoms with Crippen LogP contribution in [0.15, 0.2) is 9.59 Å². The first-order valence-electron chi connectivity index (χ1n) is 5.76. The maximum absolute atomic E-state index is 11.6. The number of aromatic amines is 1. The Hall–Kier alpha value is -1.56. The Labute approximate surface area is 97.9 Å². The Morgan fingerprint density at radius 2 is 2.29 bits per heavy atom. The first-order valence-corrected chi connectivity index (χ1v) is 5.76. The summed E-state index contributed by atoms with van der Waals surface area (Å²) in [7, 11) is 0. The van der Waals surface area contributed by atoms with Gasteiger partial charge in [0.25, 0.3) is 5.56 Å². The molecule has 1 saturated heterocycles. The summed E-state index contributed by atoms with van der Waals surface area (Å²) >= 11 is 0. The van der Waals surface area contributed by atoms with Crippen LogP contribution in [0.1, 0.15) is 18.9 Å². The van der Waals surface area contributed by atoms with E-state index in [9.17, 15) is 14.7 Å². The first kappa shape index (κ1) is 11.9. The number of rotatable bonds is 3. The highest BCUT2D eigenvalue weighted by molar-refractivity contribution is 5.22. The first-order chi connectivity index (χ1) is 8.13. The van der Waals surface area contributed by atoms with Gasteiger partial charge in [-0.1, -0.05) is 6.92 Å². The van der Waals surface area contributed by atoms with E-state index in [2.05, 4.69) is 4.98 Å². The SMILES string of the molecule is CCc1c(O)n(CC2CCOC2)c(=O)[nH]c1=O. The summed E-state index contributed by atoms with van der Waals surface area (Å²) in [5.74, 6) is 0.00218. The molecule has 0 amide bonds. The minimum atomic E-state index is -0.559. The number of aromatic hydroxyl groups is 1. The molecule has 2 N–H and O–H groups in total. The van der Waals surface area contributed by atoms with E-state index in [0.29, 0.717) is 26.2 Å². The topological polar surface area (TPSA) is 84.3 Å². The summed E-state index contributed by atoms with van der Waals surface area (Å²) < 4.78 is 6.44. The van der Waals surface area contributed by atoms with Crippen molar-refractivity contribution in [3.63, 3.8) is 0 Å². The molecule has 1 unspecified atom stereocenters. The van der Waals surface area contributed by atoms with Crippen molar-refractivity contribution in [2.75, 3.05) is 13.2 Å². The zero-order valence-electron chi connectivity index (χ0n) is 9.73. The predicted molar refractivity (Wildman–Crippen MR) is 61.3 cm³/mol. The second-order valence-corrected chi connectivity index (χ2v) is 4.26. The monoisotopic (exact) mass is 240 g/mol. The van der Waals surface area contributed by atoms with Crippen molar-refractivity contribution in [1.82, 2.24) is 9.55 Å². The molecular formula is C11H16N2O4. The quantitative estimate of drug-likeness (QED) is 0.769. The van der Waals surface area contributed by atoms with E-state index in [0.717, 1.165) is 6.42 Å². The Balaban J connectivity index is 2.38. The molecule has 2 rings (SSSR count). The van der Waals surface area contributed by atoms with Crippen LogP contribution in [0.5, 0.6) is 5.88 Å². The third-order valence-electron chi connectivity index (χ3n) is 3.08. The lowest BCUT2D eigenvalue weighted by molar-refractivity contribution is 0.181. The average molecular weight is 240 g/mol. The van der Waals surface area contributed by atoms with Gasteiger partial charge < -0.3 is 9.84 Å². The molecule has 6 nitrogen and oxygen atoms in total. The van der Waals surface area contributed by atoms with Crippen molar-refractivity contribution < 1.29 is 9.84 Å². The van der Waals surface area contributed by atoms with Crippen LogP contribution in [0.25, 0.3) is 0 Å². The predicted octanol–water partition coefficient (Wildman–Crippen LogP) is -0.159. The fourth-order valence-corrected chi connectivity index (χ4v) is 2.07. The van der Waals surface area contributed by atoms with Crippen LogP contribution >= 0.6 is 0 Å². The smallest absolute Gasteiger partial charge is 0.331 e. The highest BCUT2D eigenvalue weighted by Gasteiger charge is 2.20. The van der Waals surface area contributed by atoms with Crippen LogP contribution in [-0.2, 0) is 17.7 Å². The lowest BCUT2D eigenvalue weighted by Gasteiger charge is -2.13. The summed E-state index contributed by atoms with van der Waals surface area (Å²) in [6.07, 6.45) is 1.26. The zero-order valence-corrected chi connectivity index (χ0v) is 9.73. The summed E-state index contributed by atoms with van der Waals surface area (Å²) in [4.78, 5) is 25.3. The second-order valence-electron chi connectivity index (χ2n) is 4.26. The van der Waals surface area contributed by atoms with E-state index in [1.54, 1.807) is 6.92 Å². The molecule has 1 aromatic heterocycles. The molecule has 0 radical (unpaired) electrons. The molecule has 2 heterocycles. The summed E-state index contributed by atoms with van der Waals surface area (Å²) in [6, 6.07) is 0. The molecule has 0 spiro atoms. The van der Waals surface area contributed by atoms with Gasteiger partial charge in [-0.2, -0.15) is 0 Å². The van der Waals surface area contributed by atoms with Crippen molar-refractivity contribution in [1.29, 1.82) is 0 Å². The molecular weight excluding hydrogens is 224 g/mol. The molecule has 94 valence electrons. The van der Waals surface area contributed by atoms with Gasteiger partial charge in [-0.25, -0.2) is 4.79 Å². The van der Waals surface area contributed by atoms with Gasteiger partial charge in [0.2, 0.25) is 5.88 Å². The molecule has 1 aliphatic heterocycles. The molecule has 0 bridgehead atoms. The van der Waals surface area contributed by atoms with Crippen LogP contribution < -0.4 is 11.2 Å². The van der Waals surface area contributed by atoms with Gasteiger partial charge >= 0.3 is 5.69 Å². The molecule has 1 atom stereocenters. The van der Waals surface area contributed by atoms with Crippen molar-refractivity contribution in [3.05, 3.63) is 26.4 Å². The third-order valence-corrected chi connectivity index (χ3v) is 3.08. The summed E-state index contributed by atoms with van der Waals surface area (Å²) in [6.45, 7) is 3.42. The molecule has 17 heavy (non-hydrogen) atoms. The number of hydrogen-bond acceptors (Lipinski definition) is 4. The number of ether oxygens (including phenoxy) is 1. The maximum atomic E-state index is 11.6. The number of nitrogens with one attached hydrogen (secondary N) is 1. The fourth-order valence-electron chi connectivity index (χ4n) is 2.07. The Morgan fingerprint density at radius 1 is 1.53 bits per heavy atom. The van der Waals surface area contributed by atoms with Crippen molar-refractivity contribution in [3.8, 4) is 5.88 Å². The van der Waals surface area contributed by atoms with Crippen LogP contribution in [0.2, 0.25) is 0 Å². The lowest BCUT2D eigenvalue weighted by Crippen LogP contribution is -2.33. The number of H-pyrrole nitrogens is 1. The van der Waals surface area contributed by atoms with Gasteiger partial charge in [0.1, 0.15) is 0 Å². The normalized spacial score (nSPS) is 19.7. The summed E-state index contributed by atoms with van der Waals surface area (Å²) in [5.41, 5.74) is -0.811. The number of aromatic nitrogens is 2. The standard InChI is InChI=1S/C11H16N2O4/c1-2-8-9(14)12-11(16)13(10(8)15)5-7-3-4-17-6-7/h7,15H,2-6H2,1H3,(H,12,14,16). The van der Waals surface area contributed by atoms with Crippen LogP contribution in [0, 0.1) is 5.92 Å². The van der Waals surface area contributed by atoms with Gasteiger partial charge in [-0.3, -0.25) is 14.3 Å². The van der Waals surface area contributed by atoms with Crippen LogP contribution in [-0.4, -0.2) is 27.9 Å². The lowest BCUT2D eigenvalue weighted by atomic mass is 10.1. The average Bonchev–Trinajstić information content (AvgIpc) is 2.77. The summed E-state index contributed by atoms with van der Waals surface area (Å²) in [5, 5.41) is 9.91. The van der Waals surface area contributed by atoms with E-state index < -0.39 is 11.2 Å². The number of nitrogens with zero attached hydrogens (tertiary/aromatic N) is 1. The Morgan fingerprint density at radius 3 is 2.88 bits per heavy atom. The van der Waals surface area contributed by atoms with Gasteiger partial charge in [-0.15, -0.1) is 0 Å². The third kappa shape index (κ3) is 2.26. The van der Waals surface area contributed by atoms with Crippen molar-refractivity contribution in [2.24, 2.45) is 5.92 Å². The minimum absolute atomic E-state index is 0.215. The van der Waals surface area contributed by atoms with E-state index >= 15 is 0 Å². The Bertz CT molecular complexity index is 511. The Kier molecular flexibility index (Phi) is 3.33. The van der Waals surface area contributed by atoms with Gasteiger partial charge in [0.05, 0.1) is 12.2 Å². The van der Waals surface area contributed by atoms with Crippen LogP contribution in [0.4, 0.5) is 0 Å².